The highest BCUT2D eigenvalue weighted by atomic mass is 32.1. The Morgan fingerprint density at radius 1 is 1.04 bits per heavy atom. The van der Waals surface area contributed by atoms with Crippen molar-refractivity contribution in [1.29, 1.82) is 0 Å². The number of aryl methyl sites for hydroxylation is 2. The van der Waals surface area contributed by atoms with E-state index in [9.17, 15) is 0 Å². The Kier molecular flexibility index (Phi) is 3.40. The van der Waals surface area contributed by atoms with E-state index < -0.39 is 0 Å². The first kappa shape index (κ1) is 15.3. The molecule has 0 saturated heterocycles. The second-order valence-corrected chi connectivity index (χ2v) is 7.35. The Bertz CT molecular complexity index is 1220. The van der Waals surface area contributed by atoms with E-state index in [1.165, 1.54) is 22.9 Å². The normalized spacial score (nSPS) is 11.5. The predicted octanol–water partition coefficient (Wildman–Crippen LogP) is 3.64. The van der Waals surface area contributed by atoms with Crippen molar-refractivity contribution in [3.63, 3.8) is 0 Å². The molecule has 128 valence electrons. The van der Waals surface area contributed by atoms with Crippen molar-refractivity contribution in [2.24, 2.45) is 0 Å². The van der Waals surface area contributed by atoms with Crippen LogP contribution in [0.5, 0.6) is 0 Å². The first-order valence-corrected chi connectivity index (χ1v) is 9.35. The first-order chi connectivity index (χ1) is 12.7. The molecule has 0 spiro atoms. The van der Waals surface area contributed by atoms with Crippen LogP contribution < -0.4 is 0 Å². The van der Waals surface area contributed by atoms with Crippen LogP contribution in [0, 0.1) is 13.8 Å². The SMILES string of the molecule is Cc1nnsc1-c1nnc2sc(-c3c(-c4ccccc4)noc3C)nn12. The van der Waals surface area contributed by atoms with E-state index in [1.807, 2.05) is 44.2 Å². The molecule has 1 aromatic carbocycles. The third-order valence-electron chi connectivity index (χ3n) is 3.97. The molecule has 0 bridgehead atoms. The summed E-state index contributed by atoms with van der Waals surface area (Å²) >= 11 is 2.73. The molecule has 4 aromatic heterocycles. The van der Waals surface area contributed by atoms with E-state index in [0.717, 1.165) is 32.4 Å². The number of aromatic nitrogens is 7. The maximum absolute atomic E-state index is 5.45. The fraction of sp³-hybridized carbons (Fsp3) is 0.125. The highest BCUT2D eigenvalue weighted by Gasteiger charge is 2.23. The van der Waals surface area contributed by atoms with E-state index in [1.54, 1.807) is 4.52 Å². The lowest BCUT2D eigenvalue weighted by atomic mass is 10.1. The molecule has 0 aliphatic carbocycles. The molecule has 0 N–H and O–H groups in total. The zero-order chi connectivity index (χ0) is 17.7. The molecule has 0 unspecified atom stereocenters. The summed E-state index contributed by atoms with van der Waals surface area (Å²) in [7, 11) is 0. The number of rotatable bonds is 3. The molecule has 10 heteroatoms. The number of benzene rings is 1. The Morgan fingerprint density at radius 2 is 1.88 bits per heavy atom. The lowest BCUT2D eigenvalue weighted by Crippen LogP contribution is -1.91. The van der Waals surface area contributed by atoms with Gasteiger partial charge in [0.15, 0.2) is 10.8 Å². The number of hydrogen-bond donors (Lipinski definition) is 0. The Labute approximate surface area is 155 Å². The highest BCUT2D eigenvalue weighted by Crippen LogP contribution is 2.37. The van der Waals surface area contributed by atoms with Crippen LogP contribution >= 0.6 is 22.9 Å². The van der Waals surface area contributed by atoms with Crippen molar-refractivity contribution in [2.45, 2.75) is 13.8 Å². The molecule has 0 saturated carbocycles. The monoisotopic (exact) mass is 381 g/mol. The minimum atomic E-state index is 0.644. The van der Waals surface area contributed by atoms with E-state index in [-0.39, 0.29) is 0 Å². The summed E-state index contributed by atoms with van der Waals surface area (Å²) in [6, 6.07) is 9.91. The maximum atomic E-state index is 5.45. The van der Waals surface area contributed by atoms with E-state index in [4.69, 9.17) is 9.62 Å². The van der Waals surface area contributed by atoms with Gasteiger partial charge in [0.25, 0.3) is 0 Å². The molecular formula is C16H11N7OS2. The van der Waals surface area contributed by atoms with Crippen molar-refractivity contribution in [2.75, 3.05) is 0 Å². The van der Waals surface area contributed by atoms with E-state index in [2.05, 4.69) is 24.9 Å². The van der Waals surface area contributed by atoms with Gasteiger partial charge in [-0.2, -0.15) is 9.61 Å². The molecule has 0 fully saturated rings. The van der Waals surface area contributed by atoms with Crippen LogP contribution in [0.3, 0.4) is 0 Å². The van der Waals surface area contributed by atoms with Crippen LogP contribution in [-0.2, 0) is 0 Å². The predicted molar refractivity (Wildman–Crippen MR) is 98.0 cm³/mol. The second-order valence-electron chi connectivity index (χ2n) is 5.64. The molecule has 5 rings (SSSR count). The minimum absolute atomic E-state index is 0.644. The van der Waals surface area contributed by atoms with E-state index in [0.29, 0.717) is 16.5 Å². The molecule has 4 heterocycles. The Hall–Kier alpha value is -2.98. The van der Waals surface area contributed by atoms with Gasteiger partial charge in [0, 0.05) is 5.56 Å². The van der Waals surface area contributed by atoms with Crippen LogP contribution in [0.4, 0.5) is 0 Å². The van der Waals surface area contributed by atoms with Gasteiger partial charge >= 0.3 is 0 Å². The molecule has 0 aliphatic rings. The van der Waals surface area contributed by atoms with Gasteiger partial charge in [-0.3, -0.25) is 0 Å². The second kappa shape index (κ2) is 5.78. The third kappa shape index (κ3) is 2.26. The van der Waals surface area contributed by atoms with Crippen LogP contribution in [-0.4, -0.2) is 34.6 Å². The molecule has 0 amide bonds. The maximum Gasteiger partial charge on any atom is 0.235 e. The zero-order valence-electron chi connectivity index (χ0n) is 13.7. The quantitative estimate of drug-likeness (QED) is 0.471. The van der Waals surface area contributed by atoms with Crippen molar-refractivity contribution in [3.05, 3.63) is 41.8 Å². The summed E-state index contributed by atoms with van der Waals surface area (Å²) in [4.78, 5) is 1.56. The van der Waals surface area contributed by atoms with Crippen molar-refractivity contribution in [1.82, 2.24) is 34.6 Å². The number of hydrogen-bond acceptors (Lipinski definition) is 9. The van der Waals surface area contributed by atoms with E-state index >= 15 is 0 Å². The summed E-state index contributed by atoms with van der Waals surface area (Å²) in [6.45, 7) is 3.78. The largest absolute Gasteiger partial charge is 0.360 e. The first-order valence-electron chi connectivity index (χ1n) is 7.76. The summed E-state index contributed by atoms with van der Waals surface area (Å²) in [5, 5.41) is 22.3. The van der Waals surface area contributed by atoms with Gasteiger partial charge in [-0.15, -0.1) is 15.3 Å². The average Bonchev–Trinajstić information content (AvgIpc) is 3.39. The Balaban J connectivity index is 1.69. The lowest BCUT2D eigenvalue weighted by molar-refractivity contribution is 0.400. The van der Waals surface area contributed by atoms with Crippen molar-refractivity contribution >= 4 is 27.8 Å². The van der Waals surface area contributed by atoms with Crippen LogP contribution in [0.15, 0.2) is 34.9 Å². The third-order valence-corrected chi connectivity index (χ3v) is 5.71. The average molecular weight is 381 g/mol. The molecule has 5 aromatic rings. The summed E-state index contributed by atoms with van der Waals surface area (Å²) in [5.74, 6) is 1.36. The van der Waals surface area contributed by atoms with Gasteiger partial charge in [-0.05, 0) is 25.4 Å². The van der Waals surface area contributed by atoms with Gasteiger partial charge < -0.3 is 4.52 Å². The molecule has 8 nitrogen and oxygen atoms in total. The van der Waals surface area contributed by atoms with Gasteiger partial charge in [0.05, 0.1) is 11.3 Å². The summed E-state index contributed by atoms with van der Waals surface area (Å²) < 4.78 is 11.1. The standard InChI is InChI=1S/C16H11N7OS2/c1-8-13(26-22-17-8)14-18-19-16-23(14)20-15(25-16)11-9(2)24-21-12(11)10-6-4-3-5-7-10/h3-7H,1-2H3. The Morgan fingerprint density at radius 3 is 2.65 bits per heavy atom. The van der Waals surface area contributed by atoms with Gasteiger partial charge in [0.1, 0.15) is 16.3 Å². The molecular weight excluding hydrogens is 370 g/mol. The molecule has 0 radical (unpaired) electrons. The highest BCUT2D eigenvalue weighted by molar-refractivity contribution is 7.20. The summed E-state index contributed by atoms with van der Waals surface area (Å²) in [6.07, 6.45) is 0. The number of fused-ring (bicyclic) bond motifs is 1. The van der Waals surface area contributed by atoms with Crippen LogP contribution in [0.1, 0.15) is 11.5 Å². The summed E-state index contributed by atoms with van der Waals surface area (Å²) in [5.41, 5.74) is 3.43. The van der Waals surface area contributed by atoms with Gasteiger partial charge in [0.2, 0.25) is 4.96 Å². The molecule has 26 heavy (non-hydrogen) atoms. The fourth-order valence-electron chi connectivity index (χ4n) is 2.71. The molecule has 0 aliphatic heterocycles. The van der Waals surface area contributed by atoms with Gasteiger partial charge in [-0.25, -0.2) is 0 Å². The number of nitrogens with zero attached hydrogens (tertiary/aromatic N) is 7. The molecule has 0 atom stereocenters. The van der Waals surface area contributed by atoms with Crippen molar-refractivity contribution < 1.29 is 4.52 Å². The smallest absolute Gasteiger partial charge is 0.235 e. The fourth-order valence-corrected chi connectivity index (χ4v) is 4.27. The zero-order valence-corrected chi connectivity index (χ0v) is 15.4. The topological polar surface area (TPSA) is 94.9 Å². The van der Waals surface area contributed by atoms with Crippen molar-refractivity contribution in [3.8, 4) is 32.5 Å². The van der Waals surface area contributed by atoms with Crippen LogP contribution in [0.2, 0.25) is 0 Å². The minimum Gasteiger partial charge on any atom is -0.360 e. The van der Waals surface area contributed by atoms with Gasteiger partial charge in [-0.1, -0.05) is 51.3 Å². The van der Waals surface area contributed by atoms with Crippen LogP contribution in [0.25, 0.3) is 37.5 Å². The lowest BCUT2D eigenvalue weighted by Gasteiger charge is -1.98.